The van der Waals surface area contributed by atoms with Crippen LogP contribution in [0.2, 0.25) is 0 Å². The molecular formula is C22H17FN2O5. The molecule has 7 nitrogen and oxygen atoms in total. The molecule has 0 saturated carbocycles. The van der Waals surface area contributed by atoms with E-state index >= 15 is 0 Å². The van der Waals surface area contributed by atoms with Crippen molar-refractivity contribution in [1.29, 1.82) is 0 Å². The topological polar surface area (TPSA) is 105 Å². The summed E-state index contributed by atoms with van der Waals surface area (Å²) < 4.78 is 25.1. The first-order valence-electron chi connectivity index (χ1n) is 9.02. The fourth-order valence-electron chi connectivity index (χ4n) is 2.88. The van der Waals surface area contributed by atoms with Crippen LogP contribution in [0, 0.1) is 5.82 Å². The number of ether oxygens (including phenoxy) is 1. The van der Waals surface area contributed by atoms with Crippen LogP contribution in [0.3, 0.4) is 0 Å². The first-order chi connectivity index (χ1) is 14.5. The first-order valence-corrected chi connectivity index (χ1v) is 9.02. The number of nitrogens with zero attached hydrogens (tertiary/aromatic N) is 1. The monoisotopic (exact) mass is 408 g/mol. The maximum absolute atomic E-state index is 13.9. The molecule has 1 amide bonds. The van der Waals surface area contributed by atoms with E-state index in [9.17, 15) is 9.18 Å². The highest BCUT2D eigenvalue weighted by molar-refractivity contribution is 6.06. The average molecular weight is 408 g/mol. The van der Waals surface area contributed by atoms with Crippen molar-refractivity contribution in [3.05, 3.63) is 89.6 Å². The van der Waals surface area contributed by atoms with Gasteiger partial charge >= 0.3 is 0 Å². The number of nitrogens with one attached hydrogen (secondary N) is 1. The Morgan fingerprint density at radius 3 is 2.73 bits per heavy atom. The highest BCUT2D eigenvalue weighted by Crippen LogP contribution is 2.30. The number of amides is 1. The van der Waals surface area contributed by atoms with Crippen molar-refractivity contribution in [2.75, 3.05) is 5.32 Å². The highest BCUT2D eigenvalue weighted by Gasteiger charge is 2.15. The Hall–Kier alpha value is -3.75. The van der Waals surface area contributed by atoms with Crippen molar-refractivity contribution >= 4 is 22.7 Å². The molecule has 4 aromatic rings. The smallest absolute Gasteiger partial charge is 0.257 e. The van der Waals surface area contributed by atoms with Crippen LogP contribution < -0.4 is 10.1 Å². The summed E-state index contributed by atoms with van der Waals surface area (Å²) in [5.74, 6) is -0.231. The minimum Gasteiger partial charge on any atom is -0.488 e. The lowest BCUT2D eigenvalue weighted by Gasteiger charge is -2.11. The van der Waals surface area contributed by atoms with Crippen molar-refractivity contribution in [3.63, 3.8) is 0 Å². The van der Waals surface area contributed by atoms with Gasteiger partial charge in [0.05, 0.1) is 11.6 Å². The van der Waals surface area contributed by atoms with Gasteiger partial charge in [0.2, 0.25) is 0 Å². The summed E-state index contributed by atoms with van der Waals surface area (Å²) in [5.41, 5.74) is 1.29. The van der Waals surface area contributed by atoms with Gasteiger partial charge in [-0.3, -0.25) is 4.79 Å². The number of anilines is 1. The molecule has 3 N–H and O–H groups in total. The quantitative estimate of drug-likeness (QED) is 0.420. The second-order valence-corrected chi connectivity index (χ2v) is 6.49. The van der Waals surface area contributed by atoms with E-state index in [2.05, 4.69) is 10.3 Å². The predicted molar refractivity (Wildman–Crippen MR) is 106 cm³/mol. The van der Waals surface area contributed by atoms with Gasteiger partial charge < -0.3 is 24.7 Å². The van der Waals surface area contributed by atoms with Gasteiger partial charge in [0.25, 0.3) is 5.91 Å². The third-order valence-electron chi connectivity index (χ3n) is 4.46. The predicted octanol–water partition coefficient (Wildman–Crippen LogP) is 3.78. The van der Waals surface area contributed by atoms with E-state index in [0.29, 0.717) is 22.3 Å². The molecule has 30 heavy (non-hydrogen) atoms. The molecule has 0 aliphatic carbocycles. The second kappa shape index (κ2) is 8.32. The summed E-state index contributed by atoms with van der Waals surface area (Å²) >= 11 is 0. The lowest BCUT2D eigenvalue weighted by Crippen LogP contribution is -2.13. The van der Waals surface area contributed by atoms with Gasteiger partial charge in [0.15, 0.2) is 6.29 Å². The molecule has 0 unspecified atom stereocenters. The van der Waals surface area contributed by atoms with Crippen molar-refractivity contribution < 1.29 is 28.6 Å². The lowest BCUT2D eigenvalue weighted by atomic mass is 10.1. The fourth-order valence-corrected chi connectivity index (χ4v) is 2.88. The Morgan fingerprint density at radius 1 is 1.17 bits per heavy atom. The highest BCUT2D eigenvalue weighted by atomic mass is 19.1. The summed E-state index contributed by atoms with van der Waals surface area (Å²) in [6.45, 7) is -0.00940. The molecule has 4 rings (SSSR count). The standard InChI is InChI=1S/C22H17FN2O5/c23-17-4-2-1-3-14(17)12-30-19-10-15(9-18-16(19)7-8-29-18)21(26)25-20-6-5-13(11-24-20)22(27)28/h1-11,22,27-28H,12H2,(H,24,25,26). The van der Waals surface area contributed by atoms with Gasteiger partial charge in [0.1, 0.15) is 29.6 Å². The summed E-state index contributed by atoms with van der Waals surface area (Å²) in [4.78, 5) is 16.6. The molecule has 2 heterocycles. The van der Waals surface area contributed by atoms with Crippen LogP contribution in [0.4, 0.5) is 10.2 Å². The van der Waals surface area contributed by atoms with E-state index in [0.717, 1.165) is 0 Å². The zero-order chi connectivity index (χ0) is 21.1. The van der Waals surface area contributed by atoms with E-state index in [1.807, 2.05) is 0 Å². The van der Waals surface area contributed by atoms with Crippen molar-refractivity contribution in [1.82, 2.24) is 4.98 Å². The third kappa shape index (κ3) is 4.14. The van der Waals surface area contributed by atoms with Crippen LogP contribution in [0.1, 0.15) is 27.8 Å². The third-order valence-corrected chi connectivity index (χ3v) is 4.46. The maximum Gasteiger partial charge on any atom is 0.257 e. The summed E-state index contributed by atoms with van der Waals surface area (Å²) in [5, 5.41) is 21.5. The van der Waals surface area contributed by atoms with Crippen LogP contribution in [-0.4, -0.2) is 21.1 Å². The molecule has 0 atom stereocenters. The van der Waals surface area contributed by atoms with Crippen LogP contribution in [0.5, 0.6) is 5.75 Å². The molecule has 0 bridgehead atoms. The number of furan rings is 1. The minimum absolute atomic E-state index is 0.00940. The molecule has 0 aliphatic heterocycles. The van der Waals surface area contributed by atoms with E-state index in [-0.39, 0.29) is 29.4 Å². The van der Waals surface area contributed by atoms with Gasteiger partial charge in [-0.05, 0) is 36.4 Å². The molecule has 0 fully saturated rings. The molecule has 152 valence electrons. The molecule has 0 aliphatic rings. The normalized spacial score (nSPS) is 11.1. The van der Waals surface area contributed by atoms with Crippen LogP contribution in [-0.2, 0) is 6.61 Å². The number of aliphatic hydroxyl groups is 2. The minimum atomic E-state index is -1.64. The van der Waals surface area contributed by atoms with Gasteiger partial charge in [-0.2, -0.15) is 0 Å². The van der Waals surface area contributed by atoms with Gasteiger partial charge in [-0.25, -0.2) is 9.37 Å². The number of aliphatic hydroxyl groups excluding tert-OH is 1. The average Bonchev–Trinajstić information content (AvgIpc) is 3.22. The molecule has 2 aromatic carbocycles. The largest absolute Gasteiger partial charge is 0.488 e. The summed E-state index contributed by atoms with van der Waals surface area (Å²) in [6.07, 6.45) is 1.08. The van der Waals surface area contributed by atoms with E-state index in [1.54, 1.807) is 36.4 Å². The summed E-state index contributed by atoms with van der Waals surface area (Å²) in [7, 11) is 0. The SMILES string of the molecule is O=C(Nc1ccc(C(O)O)cn1)c1cc(OCc2ccccc2F)c2ccoc2c1. The number of carbonyl (C=O) groups is 1. The Balaban J connectivity index is 1.56. The Kier molecular flexibility index (Phi) is 5.42. The van der Waals surface area contributed by atoms with Crippen LogP contribution in [0.25, 0.3) is 11.0 Å². The lowest BCUT2D eigenvalue weighted by molar-refractivity contribution is -0.0427. The molecule has 0 saturated heterocycles. The molecule has 0 radical (unpaired) electrons. The van der Waals surface area contributed by atoms with Crippen molar-refractivity contribution in [2.45, 2.75) is 12.9 Å². The maximum atomic E-state index is 13.9. The Bertz CT molecular complexity index is 1190. The number of rotatable bonds is 6. The Labute approximate surface area is 170 Å². The fraction of sp³-hybridized carbons (Fsp3) is 0.0909. The van der Waals surface area contributed by atoms with E-state index in [1.165, 1.54) is 30.7 Å². The number of hydrogen-bond donors (Lipinski definition) is 3. The van der Waals surface area contributed by atoms with Crippen molar-refractivity contribution in [3.8, 4) is 5.75 Å². The number of carbonyl (C=O) groups excluding carboxylic acids is 1. The zero-order valence-electron chi connectivity index (χ0n) is 15.6. The van der Waals surface area contributed by atoms with E-state index in [4.69, 9.17) is 19.4 Å². The number of aromatic nitrogens is 1. The van der Waals surface area contributed by atoms with Gasteiger partial charge in [0, 0.05) is 22.9 Å². The molecule has 2 aromatic heterocycles. The van der Waals surface area contributed by atoms with Gasteiger partial charge in [-0.15, -0.1) is 0 Å². The van der Waals surface area contributed by atoms with Gasteiger partial charge in [-0.1, -0.05) is 18.2 Å². The molecular weight excluding hydrogens is 391 g/mol. The zero-order valence-corrected chi connectivity index (χ0v) is 15.6. The number of hydrogen-bond acceptors (Lipinski definition) is 6. The van der Waals surface area contributed by atoms with E-state index < -0.39 is 12.2 Å². The first kappa shape index (κ1) is 19.6. The van der Waals surface area contributed by atoms with Crippen LogP contribution >= 0.6 is 0 Å². The summed E-state index contributed by atoms with van der Waals surface area (Å²) in [6, 6.07) is 14.0. The van der Waals surface area contributed by atoms with Crippen LogP contribution in [0.15, 0.2) is 71.5 Å². The molecule has 8 heteroatoms. The number of fused-ring (bicyclic) bond motifs is 1. The van der Waals surface area contributed by atoms with Crippen molar-refractivity contribution in [2.24, 2.45) is 0 Å². The molecule has 0 spiro atoms. The Morgan fingerprint density at radius 2 is 2.00 bits per heavy atom. The second-order valence-electron chi connectivity index (χ2n) is 6.49. The number of benzene rings is 2. The number of pyridine rings is 1. The number of halogens is 1.